The Labute approximate surface area is 147 Å². The van der Waals surface area contributed by atoms with E-state index in [9.17, 15) is 13.2 Å². The molecule has 0 aliphatic carbocycles. The molecule has 0 saturated heterocycles. The lowest BCUT2D eigenvalue weighted by Gasteiger charge is -2.13. The summed E-state index contributed by atoms with van der Waals surface area (Å²) < 4.78 is 41.6. The zero-order valence-electron chi connectivity index (χ0n) is 13.0. The molecule has 0 unspecified atom stereocenters. The molecule has 3 aromatic rings. The summed E-state index contributed by atoms with van der Waals surface area (Å²) in [6.45, 7) is 0.0590. The van der Waals surface area contributed by atoms with E-state index >= 15 is 0 Å². The standard InChI is InChI=1S/C18H15F3N2OS/c19-18(20,21)13-9-15(11-2-1-3-12(8-11)17(22)25)14-4-5-23(6-7-24)16(14)10-13/h1-5,8-10,24H,6-7H2,(H2,22,25). The smallest absolute Gasteiger partial charge is 0.395 e. The molecule has 0 aliphatic rings. The molecule has 0 radical (unpaired) electrons. The molecule has 130 valence electrons. The summed E-state index contributed by atoms with van der Waals surface area (Å²) in [6, 6.07) is 10.8. The zero-order valence-corrected chi connectivity index (χ0v) is 13.9. The van der Waals surface area contributed by atoms with E-state index in [1.807, 2.05) is 0 Å². The summed E-state index contributed by atoms with van der Waals surface area (Å²) >= 11 is 4.96. The normalized spacial score (nSPS) is 11.8. The van der Waals surface area contributed by atoms with Gasteiger partial charge in [-0.25, -0.2) is 0 Å². The molecule has 7 heteroatoms. The van der Waals surface area contributed by atoms with Crippen molar-refractivity contribution < 1.29 is 18.3 Å². The topological polar surface area (TPSA) is 51.2 Å². The van der Waals surface area contributed by atoms with Crippen molar-refractivity contribution in [1.29, 1.82) is 0 Å². The van der Waals surface area contributed by atoms with E-state index in [4.69, 9.17) is 23.1 Å². The van der Waals surface area contributed by atoms with Crippen LogP contribution in [0.1, 0.15) is 11.1 Å². The molecule has 0 aliphatic heterocycles. The van der Waals surface area contributed by atoms with E-state index in [0.717, 1.165) is 12.1 Å². The van der Waals surface area contributed by atoms with Gasteiger partial charge in [-0.15, -0.1) is 0 Å². The summed E-state index contributed by atoms with van der Waals surface area (Å²) in [4.78, 5) is 0.183. The minimum absolute atomic E-state index is 0.160. The summed E-state index contributed by atoms with van der Waals surface area (Å²) in [6.07, 6.45) is -2.81. The van der Waals surface area contributed by atoms with Gasteiger partial charge in [-0.3, -0.25) is 0 Å². The number of thiocarbonyl (C=S) groups is 1. The molecule has 1 heterocycles. The average Bonchev–Trinajstić information content (AvgIpc) is 2.97. The highest BCUT2D eigenvalue weighted by molar-refractivity contribution is 7.80. The second-order valence-corrected chi connectivity index (χ2v) is 6.07. The van der Waals surface area contributed by atoms with Crippen LogP contribution in [0.4, 0.5) is 13.2 Å². The number of hydrogen-bond donors (Lipinski definition) is 2. The molecule has 25 heavy (non-hydrogen) atoms. The van der Waals surface area contributed by atoms with Gasteiger partial charge in [-0.05, 0) is 35.4 Å². The average molecular weight is 364 g/mol. The largest absolute Gasteiger partial charge is 0.416 e. The number of alkyl halides is 3. The Balaban J connectivity index is 2.29. The Morgan fingerprint density at radius 2 is 1.92 bits per heavy atom. The van der Waals surface area contributed by atoms with Crippen molar-refractivity contribution in [3.05, 3.63) is 59.8 Å². The third-order valence-corrected chi connectivity index (χ3v) is 4.25. The maximum atomic E-state index is 13.3. The molecule has 0 fully saturated rings. The molecule has 3 N–H and O–H groups in total. The highest BCUT2D eigenvalue weighted by Crippen LogP contribution is 2.37. The van der Waals surface area contributed by atoms with Crippen LogP contribution in [0.5, 0.6) is 0 Å². The number of nitrogens with two attached hydrogens (primary N) is 1. The van der Waals surface area contributed by atoms with Crippen molar-refractivity contribution in [2.24, 2.45) is 5.73 Å². The van der Waals surface area contributed by atoms with Crippen LogP contribution in [-0.2, 0) is 12.7 Å². The van der Waals surface area contributed by atoms with Crippen LogP contribution in [0.25, 0.3) is 22.0 Å². The van der Waals surface area contributed by atoms with Crippen LogP contribution in [-0.4, -0.2) is 21.3 Å². The van der Waals surface area contributed by atoms with Crippen molar-refractivity contribution in [3.63, 3.8) is 0 Å². The van der Waals surface area contributed by atoms with Crippen LogP contribution in [0.2, 0.25) is 0 Å². The number of hydrogen-bond acceptors (Lipinski definition) is 2. The number of rotatable bonds is 4. The number of aromatic nitrogens is 1. The van der Waals surface area contributed by atoms with Crippen LogP contribution in [0, 0.1) is 0 Å². The third-order valence-electron chi connectivity index (χ3n) is 4.02. The molecule has 3 rings (SSSR count). The van der Waals surface area contributed by atoms with Crippen LogP contribution >= 0.6 is 12.2 Å². The van der Waals surface area contributed by atoms with Crippen LogP contribution in [0.15, 0.2) is 48.7 Å². The monoisotopic (exact) mass is 364 g/mol. The lowest BCUT2D eigenvalue weighted by molar-refractivity contribution is -0.137. The van der Waals surface area contributed by atoms with E-state index < -0.39 is 11.7 Å². The number of benzene rings is 2. The van der Waals surface area contributed by atoms with Crippen molar-refractivity contribution in [2.75, 3.05) is 6.61 Å². The van der Waals surface area contributed by atoms with Crippen molar-refractivity contribution in [2.45, 2.75) is 12.7 Å². The van der Waals surface area contributed by atoms with Gasteiger partial charge in [-0.1, -0.05) is 30.4 Å². The van der Waals surface area contributed by atoms with Gasteiger partial charge < -0.3 is 15.4 Å². The quantitative estimate of drug-likeness (QED) is 0.689. The minimum atomic E-state index is -4.47. The summed E-state index contributed by atoms with van der Waals surface area (Å²) in [5.74, 6) is 0. The van der Waals surface area contributed by atoms with Crippen LogP contribution < -0.4 is 5.73 Å². The molecule has 0 spiro atoms. The maximum absolute atomic E-state index is 13.3. The van der Waals surface area contributed by atoms with Gasteiger partial charge in [0, 0.05) is 29.2 Å². The fraction of sp³-hybridized carbons (Fsp3) is 0.167. The lowest BCUT2D eigenvalue weighted by atomic mass is 9.97. The minimum Gasteiger partial charge on any atom is -0.395 e. The van der Waals surface area contributed by atoms with Gasteiger partial charge in [0.05, 0.1) is 12.2 Å². The fourth-order valence-electron chi connectivity index (χ4n) is 2.84. The van der Waals surface area contributed by atoms with Gasteiger partial charge in [0.15, 0.2) is 0 Å². The molecule has 0 amide bonds. The van der Waals surface area contributed by atoms with E-state index in [2.05, 4.69) is 0 Å². The highest BCUT2D eigenvalue weighted by atomic mass is 32.1. The first kappa shape index (κ1) is 17.4. The Morgan fingerprint density at radius 3 is 2.56 bits per heavy atom. The molecule has 2 aromatic carbocycles. The summed E-state index contributed by atoms with van der Waals surface area (Å²) in [5, 5.41) is 9.81. The first-order valence-electron chi connectivity index (χ1n) is 7.52. The number of aliphatic hydroxyl groups is 1. The lowest BCUT2D eigenvalue weighted by Crippen LogP contribution is -2.09. The van der Waals surface area contributed by atoms with Gasteiger partial charge in [0.1, 0.15) is 4.99 Å². The number of halogens is 3. The Hall–Kier alpha value is -2.38. The highest BCUT2D eigenvalue weighted by Gasteiger charge is 2.32. The van der Waals surface area contributed by atoms with Gasteiger partial charge in [0.25, 0.3) is 0 Å². The molecule has 0 atom stereocenters. The Morgan fingerprint density at radius 1 is 1.16 bits per heavy atom. The second kappa shape index (κ2) is 6.50. The number of aliphatic hydroxyl groups excluding tert-OH is 1. The first-order valence-corrected chi connectivity index (χ1v) is 7.93. The SMILES string of the molecule is NC(=S)c1cccc(-c2cc(C(F)(F)F)cc3c2ccn3CCO)c1. The number of fused-ring (bicyclic) bond motifs is 1. The molecule has 3 nitrogen and oxygen atoms in total. The Kier molecular flexibility index (Phi) is 4.53. The van der Waals surface area contributed by atoms with Crippen molar-refractivity contribution in [3.8, 4) is 11.1 Å². The predicted octanol–water partition coefficient (Wildman–Crippen LogP) is 3.95. The van der Waals surface area contributed by atoms with Crippen molar-refractivity contribution in [1.82, 2.24) is 4.57 Å². The zero-order chi connectivity index (χ0) is 18.2. The summed E-state index contributed by atoms with van der Waals surface area (Å²) in [7, 11) is 0. The van der Waals surface area contributed by atoms with Gasteiger partial charge in [0.2, 0.25) is 0 Å². The molecular weight excluding hydrogens is 349 g/mol. The fourth-order valence-corrected chi connectivity index (χ4v) is 2.97. The summed E-state index contributed by atoms with van der Waals surface area (Å²) in [5.41, 5.74) is 6.94. The molecule has 0 saturated carbocycles. The first-order chi connectivity index (χ1) is 11.8. The van der Waals surface area contributed by atoms with E-state index in [1.165, 1.54) is 0 Å². The molecule has 0 bridgehead atoms. The van der Waals surface area contributed by atoms with Crippen LogP contribution in [0.3, 0.4) is 0 Å². The van der Waals surface area contributed by atoms with Crippen molar-refractivity contribution >= 4 is 28.1 Å². The van der Waals surface area contributed by atoms with Gasteiger partial charge in [-0.2, -0.15) is 13.2 Å². The van der Waals surface area contributed by atoms with E-state index in [1.54, 1.807) is 41.1 Å². The van der Waals surface area contributed by atoms with E-state index in [-0.39, 0.29) is 18.1 Å². The maximum Gasteiger partial charge on any atom is 0.416 e. The molecular formula is C18H15F3N2OS. The second-order valence-electron chi connectivity index (χ2n) is 5.63. The number of nitrogens with zero attached hydrogens (tertiary/aromatic N) is 1. The van der Waals surface area contributed by atoms with Gasteiger partial charge >= 0.3 is 6.18 Å². The Bertz CT molecular complexity index is 947. The molecule has 1 aromatic heterocycles. The van der Waals surface area contributed by atoms with E-state index in [0.29, 0.717) is 27.6 Å². The third kappa shape index (κ3) is 3.38. The predicted molar refractivity (Wildman–Crippen MR) is 95.3 cm³/mol.